The molecule has 1 amide bonds. The fourth-order valence-electron chi connectivity index (χ4n) is 1.16. The Morgan fingerprint density at radius 1 is 1.33 bits per heavy atom. The van der Waals surface area contributed by atoms with E-state index >= 15 is 0 Å². The Morgan fingerprint density at radius 3 is 2.22 bits per heavy atom. The van der Waals surface area contributed by atoms with Gasteiger partial charge in [0.05, 0.1) is 16.6 Å². The molecule has 0 saturated carbocycles. The van der Waals surface area contributed by atoms with E-state index in [9.17, 15) is 18.0 Å². The number of nitrogens with two attached hydrogens (primary N) is 1. The molecule has 0 bridgehead atoms. The first-order valence-electron chi connectivity index (χ1n) is 4.99. The number of alkyl halides is 3. The van der Waals surface area contributed by atoms with Crippen LogP contribution in [0.4, 0.5) is 13.2 Å². The van der Waals surface area contributed by atoms with Gasteiger partial charge in [0.2, 0.25) is 0 Å². The van der Waals surface area contributed by atoms with Crippen molar-refractivity contribution in [3.63, 3.8) is 0 Å². The molecule has 1 atom stereocenters. The lowest BCUT2D eigenvalue weighted by Gasteiger charge is -2.12. The molecule has 0 saturated heterocycles. The molecule has 3 N–H and O–H groups in total. The van der Waals surface area contributed by atoms with Crippen molar-refractivity contribution in [2.45, 2.75) is 19.1 Å². The number of rotatable bonds is 3. The molecule has 0 aliphatic rings. The normalized spacial score (nSPS) is 12.9. The predicted molar refractivity (Wildman–Crippen MR) is 65.2 cm³/mol. The molecule has 0 aromatic heterocycles. The van der Waals surface area contributed by atoms with Crippen LogP contribution < -0.4 is 11.1 Å². The second kappa shape index (κ2) is 5.34. The lowest BCUT2D eigenvalue weighted by Crippen LogP contribution is -2.41. The van der Waals surface area contributed by atoms with Gasteiger partial charge >= 0.3 is 6.18 Å². The van der Waals surface area contributed by atoms with E-state index < -0.39 is 23.7 Å². The number of thiocarbonyl (C=S) groups is 1. The van der Waals surface area contributed by atoms with Crippen molar-refractivity contribution in [1.29, 1.82) is 0 Å². The van der Waals surface area contributed by atoms with Crippen molar-refractivity contribution < 1.29 is 18.0 Å². The second-order valence-electron chi connectivity index (χ2n) is 3.67. The molecule has 7 heteroatoms. The van der Waals surface area contributed by atoms with Gasteiger partial charge in [-0.25, -0.2) is 0 Å². The third-order valence-electron chi connectivity index (χ3n) is 2.25. The maximum atomic E-state index is 12.3. The van der Waals surface area contributed by atoms with E-state index in [0.717, 1.165) is 24.3 Å². The molecule has 1 aromatic carbocycles. The first-order valence-corrected chi connectivity index (χ1v) is 5.40. The summed E-state index contributed by atoms with van der Waals surface area (Å²) in [7, 11) is 0. The number of hydrogen-bond donors (Lipinski definition) is 2. The third kappa shape index (κ3) is 3.69. The second-order valence-corrected chi connectivity index (χ2v) is 4.14. The Labute approximate surface area is 107 Å². The molecule has 0 aliphatic heterocycles. The summed E-state index contributed by atoms with van der Waals surface area (Å²) in [5.74, 6) is -0.524. The summed E-state index contributed by atoms with van der Waals surface area (Å²) in [6.07, 6.45) is -4.42. The molecule has 3 nitrogen and oxygen atoms in total. The summed E-state index contributed by atoms with van der Waals surface area (Å²) in [4.78, 5) is 11.7. The number of carbonyl (C=O) groups excluding carboxylic acids is 1. The van der Waals surface area contributed by atoms with Crippen LogP contribution in [0.15, 0.2) is 24.3 Å². The number of benzene rings is 1. The van der Waals surface area contributed by atoms with Gasteiger partial charge in [-0.2, -0.15) is 13.2 Å². The summed E-state index contributed by atoms with van der Waals surface area (Å²) in [6.45, 7) is 1.59. The summed E-state index contributed by atoms with van der Waals surface area (Å²) >= 11 is 4.67. The number of halogens is 3. The van der Waals surface area contributed by atoms with Gasteiger partial charge in [0.1, 0.15) is 0 Å². The molecule has 18 heavy (non-hydrogen) atoms. The van der Waals surface area contributed by atoms with E-state index in [1.54, 1.807) is 6.92 Å². The van der Waals surface area contributed by atoms with Crippen LogP contribution in [0.3, 0.4) is 0 Å². The standard InChI is InChI=1S/C11H11F3N2OS/c1-6(9(15)18)16-10(17)7-2-4-8(5-3-7)11(12,13)14/h2-6H,1H3,(H2,15,18)(H,16,17). The Bertz CT molecular complexity index is 456. The van der Waals surface area contributed by atoms with E-state index in [1.165, 1.54) is 0 Å². The Kier molecular flexibility index (Phi) is 4.28. The highest BCUT2D eigenvalue weighted by molar-refractivity contribution is 7.80. The minimum absolute atomic E-state index is 0.107. The molecular weight excluding hydrogens is 265 g/mol. The van der Waals surface area contributed by atoms with E-state index in [-0.39, 0.29) is 10.6 Å². The number of hydrogen-bond acceptors (Lipinski definition) is 2. The van der Waals surface area contributed by atoms with Gasteiger partial charge in [0.15, 0.2) is 0 Å². The van der Waals surface area contributed by atoms with Crippen molar-refractivity contribution in [1.82, 2.24) is 5.32 Å². The lowest BCUT2D eigenvalue weighted by molar-refractivity contribution is -0.137. The average Bonchev–Trinajstić information content (AvgIpc) is 2.27. The van der Waals surface area contributed by atoms with Crippen molar-refractivity contribution >= 4 is 23.1 Å². The molecule has 1 rings (SSSR count). The highest BCUT2D eigenvalue weighted by atomic mass is 32.1. The largest absolute Gasteiger partial charge is 0.416 e. The van der Waals surface area contributed by atoms with Gasteiger partial charge in [-0.05, 0) is 31.2 Å². The molecule has 0 fully saturated rings. The maximum Gasteiger partial charge on any atom is 0.416 e. The molecular formula is C11H11F3N2OS. The van der Waals surface area contributed by atoms with Crippen LogP contribution in [-0.2, 0) is 6.18 Å². The summed E-state index contributed by atoms with van der Waals surface area (Å²) in [5.41, 5.74) is 4.62. The van der Waals surface area contributed by atoms with Crippen LogP contribution in [-0.4, -0.2) is 16.9 Å². The number of nitrogens with one attached hydrogen (secondary N) is 1. The maximum absolute atomic E-state index is 12.3. The zero-order valence-corrected chi connectivity index (χ0v) is 10.2. The first kappa shape index (κ1) is 14.4. The van der Waals surface area contributed by atoms with Crippen LogP contribution in [0.5, 0.6) is 0 Å². The van der Waals surface area contributed by atoms with Gasteiger partial charge in [-0.15, -0.1) is 0 Å². The van der Waals surface area contributed by atoms with E-state index in [1.807, 2.05) is 0 Å². The smallest absolute Gasteiger partial charge is 0.392 e. The van der Waals surface area contributed by atoms with Crippen LogP contribution >= 0.6 is 12.2 Å². The summed E-state index contributed by atoms with van der Waals surface area (Å²) in [5, 5.41) is 2.47. The molecule has 1 aromatic rings. The zero-order chi connectivity index (χ0) is 13.9. The van der Waals surface area contributed by atoms with Gasteiger partial charge in [0.25, 0.3) is 5.91 Å². The highest BCUT2D eigenvalue weighted by Gasteiger charge is 2.30. The highest BCUT2D eigenvalue weighted by Crippen LogP contribution is 2.29. The fourth-order valence-corrected chi connectivity index (χ4v) is 1.22. The van der Waals surface area contributed by atoms with Crippen molar-refractivity contribution in [2.75, 3.05) is 0 Å². The van der Waals surface area contributed by atoms with Crippen LogP contribution in [0.1, 0.15) is 22.8 Å². The number of carbonyl (C=O) groups is 1. The predicted octanol–water partition coefficient (Wildman–Crippen LogP) is 2.11. The van der Waals surface area contributed by atoms with E-state index in [4.69, 9.17) is 5.73 Å². The first-order chi connectivity index (χ1) is 8.21. The Balaban J connectivity index is 2.80. The van der Waals surface area contributed by atoms with Gasteiger partial charge in [0, 0.05) is 5.56 Å². The lowest BCUT2D eigenvalue weighted by atomic mass is 10.1. The SMILES string of the molecule is CC(NC(=O)c1ccc(C(F)(F)F)cc1)C(N)=S. The van der Waals surface area contributed by atoms with Gasteiger partial charge in [-0.3, -0.25) is 4.79 Å². The number of amides is 1. The monoisotopic (exact) mass is 276 g/mol. The molecule has 0 heterocycles. The van der Waals surface area contributed by atoms with E-state index in [2.05, 4.69) is 17.5 Å². The minimum atomic E-state index is -4.42. The molecule has 1 unspecified atom stereocenters. The van der Waals surface area contributed by atoms with Crippen LogP contribution in [0, 0.1) is 0 Å². The van der Waals surface area contributed by atoms with Gasteiger partial charge < -0.3 is 11.1 Å². The summed E-state index contributed by atoms with van der Waals surface area (Å²) in [6, 6.07) is 3.38. The van der Waals surface area contributed by atoms with Crippen molar-refractivity contribution in [2.24, 2.45) is 5.73 Å². The van der Waals surface area contributed by atoms with Crippen LogP contribution in [0.25, 0.3) is 0 Å². The quantitative estimate of drug-likeness (QED) is 0.831. The molecule has 0 aliphatic carbocycles. The Morgan fingerprint density at radius 2 is 1.83 bits per heavy atom. The van der Waals surface area contributed by atoms with Crippen LogP contribution in [0.2, 0.25) is 0 Å². The zero-order valence-electron chi connectivity index (χ0n) is 9.41. The fraction of sp³-hybridized carbons (Fsp3) is 0.273. The molecule has 0 radical (unpaired) electrons. The van der Waals surface area contributed by atoms with Crippen molar-refractivity contribution in [3.8, 4) is 0 Å². The van der Waals surface area contributed by atoms with E-state index in [0.29, 0.717) is 0 Å². The Hall–Kier alpha value is -1.63. The third-order valence-corrected chi connectivity index (χ3v) is 2.60. The summed E-state index contributed by atoms with van der Waals surface area (Å²) < 4.78 is 36.9. The topological polar surface area (TPSA) is 55.1 Å². The molecule has 98 valence electrons. The average molecular weight is 276 g/mol. The molecule has 0 spiro atoms. The van der Waals surface area contributed by atoms with Crippen molar-refractivity contribution in [3.05, 3.63) is 35.4 Å². The minimum Gasteiger partial charge on any atom is -0.392 e. The van der Waals surface area contributed by atoms with Gasteiger partial charge in [-0.1, -0.05) is 12.2 Å².